The van der Waals surface area contributed by atoms with Gasteiger partial charge in [-0.1, -0.05) is 0 Å². The maximum atomic E-state index is 13.6. The van der Waals surface area contributed by atoms with Crippen molar-refractivity contribution in [1.82, 2.24) is 4.90 Å². The fraction of sp³-hybridized carbons (Fsp3) is 0.533. The van der Waals surface area contributed by atoms with Crippen molar-refractivity contribution in [3.05, 3.63) is 35.4 Å². The van der Waals surface area contributed by atoms with Gasteiger partial charge in [0.2, 0.25) is 0 Å². The Bertz CT molecular complexity index is 471. The van der Waals surface area contributed by atoms with Crippen LogP contribution in [0.1, 0.15) is 29.6 Å². The van der Waals surface area contributed by atoms with E-state index in [2.05, 4.69) is 0 Å². The van der Waals surface area contributed by atoms with Crippen LogP contribution in [-0.4, -0.2) is 37.6 Å². The predicted octanol–water partition coefficient (Wildman–Crippen LogP) is 2.85. The number of piperidine rings is 1. The molecule has 1 saturated heterocycles. The smallest absolute Gasteiger partial charge is 0.256 e. The van der Waals surface area contributed by atoms with Gasteiger partial charge in [0.15, 0.2) is 0 Å². The van der Waals surface area contributed by atoms with Crippen LogP contribution in [0.25, 0.3) is 0 Å². The first-order chi connectivity index (χ1) is 9.61. The molecule has 0 radical (unpaired) electrons. The fourth-order valence-electron chi connectivity index (χ4n) is 2.54. The Kier molecular flexibility index (Phi) is 5.06. The van der Waals surface area contributed by atoms with Crippen LogP contribution in [0.4, 0.5) is 8.78 Å². The summed E-state index contributed by atoms with van der Waals surface area (Å²) in [7, 11) is 1.68. The number of carbonyl (C=O) groups is 1. The van der Waals surface area contributed by atoms with E-state index in [4.69, 9.17) is 4.74 Å². The summed E-state index contributed by atoms with van der Waals surface area (Å²) in [5.74, 6) is -1.27. The monoisotopic (exact) mass is 283 g/mol. The van der Waals surface area contributed by atoms with Crippen LogP contribution in [0.15, 0.2) is 18.2 Å². The Morgan fingerprint density at radius 1 is 1.35 bits per heavy atom. The summed E-state index contributed by atoms with van der Waals surface area (Å²) in [5, 5.41) is 0. The lowest BCUT2D eigenvalue weighted by molar-refractivity contribution is 0.0665. The topological polar surface area (TPSA) is 29.5 Å². The number of benzene rings is 1. The summed E-state index contributed by atoms with van der Waals surface area (Å²) in [6.07, 6.45) is 2.79. The van der Waals surface area contributed by atoms with E-state index < -0.39 is 11.6 Å². The summed E-state index contributed by atoms with van der Waals surface area (Å²) >= 11 is 0. The Hall–Kier alpha value is -1.49. The van der Waals surface area contributed by atoms with Crippen molar-refractivity contribution in [3.63, 3.8) is 0 Å². The minimum atomic E-state index is -0.795. The number of methoxy groups -OCH3 is 1. The molecule has 0 saturated carbocycles. The molecule has 1 aliphatic rings. The molecule has 1 heterocycles. The van der Waals surface area contributed by atoms with Crippen molar-refractivity contribution < 1.29 is 18.3 Å². The van der Waals surface area contributed by atoms with E-state index >= 15 is 0 Å². The first kappa shape index (κ1) is 14.9. The largest absolute Gasteiger partial charge is 0.385 e. The standard InChI is InChI=1S/C15H19F2NO2/c1-20-9-6-11-4-7-18(8-5-11)15(19)13-3-2-12(16)10-14(13)17/h2-3,10-11H,4-9H2,1H3. The molecule has 5 heteroatoms. The number of hydrogen-bond donors (Lipinski definition) is 0. The highest BCUT2D eigenvalue weighted by molar-refractivity contribution is 5.94. The number of rotatable bonds is 4. The van der Waals surface area contributed by atoms with Gasteiger partial charge in [0.1, 0.15) is 11.6 Å². The zero-order valence-corrected chi connectivity index (χ0v) is 11.6. The van der Waals surface area contributed by atoms with Crippen molar-refractivity contribution in [1.29, 1.82) is 0 Å². The Labute approximate surface area is 117 Å². The SMILES string of the molecule is COCCC1CCN(C(=O)c2ccc(F)cc2F)CC1. The van der Waals surface area contributed by atoms with Gasteiger partial charge in [0.25, 0.3) is 5.91 Å². The average Bonchev–Trinajstić information content (AvgIpc) is 2.45. The zero-order valence-electron chi connectivity index (χ0n) is 11.6. The zero-order chi connectivity index (χ0) is 14.5. The number of likely N-dealkylation sites (tertiary alicyclic amines) is 1. The normalized spacial score (nSPS) is 16.4. The number of hydrogen-bond acceptors (Lipinski definition) is 2. The van der Waals surface area contributed by atoms with Gasteiger partial charge in [-0.3, -0.25) is 4.79 Å². The molecule has 0 N–H and O–H groups in total. The molecule has 0 aliphatic carbocycles. The molecule has 1 amide bonds. The van der Waals surface area contributed by atoms with Crippen LogP contribution in [0.5, 0.6) is 0 Å². The third kappa shape index (κ3) is 3.54. The predicted molar refractivity (Wildman–Crippen MR) is 71.5 cm³/mol. The number of halogens is 2. The van der Waals surface area contributed by atoms with Crippen LogP contribution >= 0.6 is 0 Å². The molecule has 0 atom stereocenters. The van der Waals surface area contributed by atoms with E-state index in [0.29, 0.717) is 19.0 Å². The first-order valence-electron chi connectivity index (χ1n) is 6.85. The molecular weight excluding hydrogens is 264 g/mol. The molecule has 20 heavy (non-hydrogen) atoms. The van der Waals surface area contributed by atoms with E-state index in [1.165, 1.54) is 6.07 Å². The van der Waals surface area contributed by atoms with E-state index in [9.17, 15) is 13.6 Å². The third-order valence-electron chi connectivity index (χ3n) is 3.79. The van der Waals surface area contributed by atoms with Gasteiger partial charge >= 0.3 is 0 Å². The maximum absolute atomic E-state index is 13.6. The Balaban J connectivity index is 1.94. The molecule has 1 aromatic rings. The molecule has 0 aromatic heterocycles. The highest BCUT2D eigenvalue weighted by atomic mass is 19.1. The van der Waals surface area contributed by atoms with Crippen LogP contribution in [0.3, 0.4) is 0 Å². The van der Waals surface area contributed by atoms with Crippen LogP contribution < -0.4 is 0 Å². The van der Waals surface area contributed by atoms with Crippen molar-refractivity contribution in [2.24, 2.45) is 5.92 Å². The third-order valence-corrected chi connectivity index (χ3v) is 3.79. The number of amides is 1. The second kappa shape index (κ2) is 6.79. The van der Waals surface area contributed by atoms with Crippen molar-refractivity contribution in [2.45, 2.75) is 19.3 Å². The second-order valence-corrected chi connectivity index (χ2v) is 5.14. The lowest BCUT2D eigenvalue weighted by atomic mass is 9.93. The number of carbonyl (C=O) groups excluding carboxylic acids is 1. The van der Waals surface area contributed by atoms with Crippen LogP contribution in [-0.2, 0) is 4.74 Å². The Morgan fingerprint density at radius 3 is 2.65 bits per heavy atom. The van der Waals surface area contributed by atoms with Gasteiger partial charge in [-0.15, -0.1) is 0 Å². The highest BCUT2D eigenvalue weighted by Gasteiger charge is 2.25. The average molecular weight is 283 g/mol. The molecular formula is C15H19F2NO2. The molecule has 3 nitrogen and oxygen atoms in total. The van der Waals surface area contributed by atoms with Crippen molar-refractivity contribution >= 4 is 5.91 Å². The van der Waals surface area contributed by atoms with E-state index in [1.54, 1.807) is 12.0 Å². The minimum absolute atomic E-state index is 0.0539. The van der Waals surface area contributed by atoms with Crippen LogP contribution in [0, 0.1) is 17.6 Å². The highest BCUT2D eigenvalue weighted by Crippen LogP contribution is 2.22. The van der Waals surface area contributed by atoms with Gasteiger partial charge in [-0.05, 0) is 37.3 Å². The van der Waals surface area contributed by atoms with Gasteiger partial charge in [-0.25, -0.2) is 8.78 Å². The summed E-state index contributed by atoms with van der Waals surface area (Å²) in [6, 6.07) is 3.07. The van der Waals surface area contributed by atoms with E-state index in [1.807, 2.05) is 0 Å². The first-order valence-corrected chi connectivity index (χ1v) is 6.85. The molecule has 0 bridgehead atoms. The van der Waals surface area contributed by atoms with Gasteiger partial charge in [-0.2, -0.15) is 0 Å². The van der Waals surface area contributed by atoms with Gasteiger partial charge in [0, 0.05) is 32.9 Å². The summed E-state index contributed by atoms with van der Waals surface area (Å²) in [6.45, 7) is 1.96. The molecule has 110 valence electrons. The lowest BCUT2D eigenvalue weighted by Gasteiger charge is -2.32. The van der Waals surface area contributed by atoms with Crippen LogP contribution in [0.2, 0.25) is 0 Å². The summed E-state index contributed by atoms with van der Waals surface area (Å²) in [4.78, 5) is 13.8. The number of ether oxygens (including phenoxy) is 1. The van der Waals surface area contributed by atoms with Gasteiger partial charge in [0.05, 0.1) is 5.56 Å². The fourth-order valence-corrected chi connectivity index (χ4v) is 2.54. The molecule has 0 spiro atoms. The second-order valence-electron chi connectivity index (χ2n) is 5.14. The molecule has 1 fully saturated rings. The number of nitrogens with zero attached hydrogens (tertiary/aromatic N) is 1. The Morgan fingerprint density at radius 2 is 2.05 bits per heavy atom. The summed E-state index contributed by atoms with van der Waals surface area (Å²) in [5.41, 5.74) is -0.0539. The van der Waals surface area contributed by atoms with E-state index in [-0.39, 0.29) is 11.5 Å². The molecule has 1 aromatic carbocycles. The molecule has 2 rings (SSSR count). The van der Waals surface area contributed by atoms with E-state index in [0.717, 1.165) is 38.0 Å². The summed E-state index contributed by atoms with van der Waals surface area (Å²) < 4.78 is 31.5. The quantitative estimate of drug-likeness (QED) is 0.850. The minimum Gasteiger partial charge on any atom is -0.385 e. The van der Waals surface area contributed by atoms with Gasteiger partial charge < -0.3 is 9.64 Å². The lowest BCUT2D eigenvalue weighted by Crippen LogP contribution is -2.39. The molecule has 0 unspecified atom stereocenters. The van der Waals surface area contributed by atoms with Crippen molar-refractivity contribution in [2.75, 3.05) is 26.8 Å². The van der Waals surface area contributed by atoms with Crippen molar-refractivity contribution in [3.8, 4) is 0 Å². The maximum Gasteiger partial charge on any atom is 0.256 e. The molecule has 1 aliphatic heterocycles.